The fourth-order valence-corrected chi connectivity index (χ4v) is 1.40. The number of hydrogen-bond donors (Lipinski definition) is 1. The zero-order valence-electron chi connectivity index (χ0n) is 10.7. The highest BCUT2D eigenvalue weighted by Crippen LogP contribution is 2.13. The van der Waals surface area contributed by atoms with Gasteiger partial charge in [-0.3, -0.25) is 0 Å². The van der Waals surface area contributed by atoms with Crippen molar-refractivity contribution in [2.75, 3.05) is 13.2 Å². The van der Waals surface area contributed by atoms with Crippen molar-refractivity contribution in [1.29, 1.82) is 0 Å². The molecule has 0 saturated heterocycles. The van der Waals surface area contributed by atoms with E-state index in [0.29, 0.717) is 12.5 Å². The van der Waals surface area contributed by atoms with Gasteiger partial charge in [0.15, 0.2) is 0 Å². The molecule has 2 heteroatoms. The van der Waals surface area contributed by atoms with E-state index in [2.05, 4.69) is 37.2 Å². The van der Waals surface area contributed by atoms with Crippen molar-refractivity contribution in [2.45, 2.75) is 26.8 Å². The monoisotopic (exact) mass is 231 g/mol. The molecule has 0 saturated carbocycles. The van der Waals surface area contributed by atoms with E-state index in [-0.39, 0.29) is 0 Å². The first-order valence-corrected chi connectivity index (χ1v) is 6.08. The van der Waals surface area contributed by atoms with Gasteiger partial charge in [-0.1, -0.05) is 31.9 Å². The van der Waals surface area contributed by atoms with Crippen molar-refractivity contribution in [3.05, 3.63) is 29.8 Å². The van der Waals surface area contributed by atoms with Gasteiger partial charge < -0.3 is 10.1 Å². The summed E-state index contributed by atoms with van der Waals surface area (Å²) in [7, 11) is 0. The molecule has 0 aliphatic carbocycles. The van der Waals surface area contributed by atoms with Gasteiger partial charge in [0.25, 0.3) is 0 Å². The number of nitrogens with one attached hydrogen (secondary N) is 1. The summed E-state index contributed by atoms with van der Waals surface area (Å²) < 4.78 is 5.64. The van der Waals surface area contributed by atoms with E-state index in [4.69, 9.17) is 11.2 Å². The Balaban J connectivity index is 2.32. The Hall–Kier alpha value is -1.46. The first-order chi connectivity index (χ1) is 8.22. The Morgan fingerprint density at radius 2 is 2.00 bits per heavy atom. The molecule has 1 N–H and O–H groups in total. The van der Waals surface area contributed by atoms with Crippen LogP contribution in [0.2, 0.25) is 0 Å². The molecule has 17 heavy (non-hydrogen) atoms. The van der Waals surface area contributed by atoms with Crippen molar-refractivity contribution in [1.82, 2.24) is 5.32 Å². The lowest BCUT2D eigenvalue weighted by Gasteiger charge is -2.08. The highest BCUT2D eigenvalue weighted by Gasteiger charge is 1.97. The Morgan fingerprint density at radius 3 is 2.59 bits per heavy atom. The molecule has 1 rings (SSSR count). The fraction of sp³-hybridized carbons (Fsp3) is 0.467. The third-order valence-electron chi connectivity index (χ3n) is 2.44. The quantitative estimate of drug-likeness (QED) is 0.575. The minimum absolute atomic E-state index is 0.604. The third-order valence-corrected chi connectivity index (χ3v) is 2.44. The molecule has 0 atom stereocenters. The van der Waals surface area contributed by atoms with Crippen LogP contribution in [0.3, 0.4) is 0 Å². The van der Waals surface area contributed by atoms with Crippen LogP contribution in [0, 0.1) is 18.3 Å². The molecule has 0 aliphatic rings. The van der Waals surface area contributed by atoms with Crippen LogP contribution < -0.4 is 10.1 Å². The Bertz CT molecular complexity index is 348. The van der Waals surface area contributed by atoms with E-state index >= 15 is 0 Å². The predicted octanol–water partition coefficient (Wildman–Crippen LogP) is 2.83. The van der Waals surface area contributed by atoms with Gasteiger partial charge in [0.05, 0.1) is 13.2 Å². The molecule has 0 radical (unpaired) electrons. The molecule has 0 spiro atoms. The number of rotatable bonds is 7. The van der Waals surface area contributed by atoms with E-state index in [0.717, 1.165) is 25.3 Å². The largest absolute Gasteiger partial charge is 0.494 e. The summed E-state index contributed by atoms with van der Waals surface area (Å²) in [6.45, 7) is 6.59. The molecule has 0 unspecified atom stereocenters. The molecule has 1 aromatic carbocycles. The summed E-state index contributed by atoms with van der Waals surface area (Å²) in [5.41, 5.74) is 1.22. The number of hydrogen-bond acceptors (Lipinski definition) is 2. The van der Waals surface area contributed by atoms with Gasteiger partial charge in [-0.05, 0) is 30.0 Å². The van der Waals surface area contributed by atoms with Crippen LogP contribution in [0.1, 0.15) is 25.8 Å². The lowest BCUT2D eigenvalue weighted by molar-refractivity contribution is 0.289. The zero-order chi connectivity index (χ0) is 12.5. The second-order valence-electron chi connectivity index (χ2n) is 4.48. The summed E-state index contributed by atoms with van der Waals surface area (Å²) in [4.78, 5) is 0. The van der Waals surface area contributed by atoms with Gasteiger partial charge >= 0.3 is 0 Å². The summed E-state index contributed by atoms with van der Waals surface area (Å²) >= 11 is 0. The van der Waals surface area contributed by atoms with Crippen LogP contribution in [0.4, 0.5) is 0 Å². The normalized spacial score (nSPS) is 10.2. The van der Waals surface area contributed by atoms with Crippen molar-refractivity contribution < 1.29 is 4.74 Å². The second-order valence-corrected chi connectivity index (χ2v) is 4.48. The number of ether oxygens (including phenoxy) is 1. The summed E-state index contributed by atoms with van der Waals surface area (Å²) in [5.74, 6) is 4.17. The Morgan fingerprint density at radius 1 is 1.29 bits per heavy atom. The molecule has 0 amide bonds. The molecule has 2 nitrogen and oxygen atoms in total. The Labute approximate surface area is 104 Å². The molecule has 0 aromatic heterocycles. The van der Waals surface area contributed by atoms with Crippen LogP contribution in [-0.4, -0.2) is 13.2 Å². The fourth-order valence-electron chi connectivity index (χ4n) is 1.40. The van der Waals surface area contributed by atoms with Gasteiger partial charge in [-0.2, -0.15) is 0 Å². The minimum atomic E-state index is 0.604. The third kappa shape index (κ3) is 5.99. The lowest BCUT2D eigenvalue weighted by Crippen LogP contribution is -2.12. The standard InChI is InChI=1S/C15H21NO/c1-4-10-16-12-14-5-7-15(8-6-14)17-11-9-13(2)3/h1,5-8,13,16H,9-12H2,2-3H3. The summed E-state index contributed by atoms with van der Waals surface area (Å²) in [6.07, 6.45) is 6.25. The molecule has 0 heterocycles. The highest BCUT2D eigenvalue weighted by molar-refractivity contribution is 5.27. The van der Waals surface area contributed by atoms with E-state index in [9.17, 15) is 0 Å². The van der Waals surface area contributed by atoms with Crippen LogP contribution in [0.15, 0.2) is 24.3 Å². The van der Waals surface area contributed by atoms with E-state index < -0.39 is 0 Å². The van der Waals surface area contributed by atoms with Gasteiger partial charge in [0.2, 0.25) is 0 Å². The van der Waals surface area contributed by atoms with E-state index in [1.807, 2.05) is 12.1 Å². The molecule has 0 bridgehead atoms. The summed E-state index contributed by atoms with van der Waals surface area (Å²) in [5, 5.41) is 3.15. The molecular weight excluding hydrogens is 210 g/mol. The maximum absolute atomic E-state index is 5.64. The predicted molar refractivity (Wildman–Crippen MR) is 71.9 cm³/mol. The van der Waals surface area contributed by atoms with Crippen LogP contribution in [0.5, 0.6) is 5.75 Å². The van der Waals surface area contributed by atoms with Gasteiger partial charge in [-0.25, -0.2) is 0 Å². The van der Waals surface area contributed by atoms with Crippen LogP contribution in [0.25, 0.3) is 0 Å². The minimum Gasteiger partial charge on any atom is -0.494 e. The Kier molecular flexibility index (Phi) is 6.21. The molecular formula is C15H21NO. The highest BCUT2D eigenvalue weighted by atomic mass is 16.5. The maximum atomic E-state index is 5.64. The van der Waals surface area contributed by atoms with Gasteiger partial charge in [0, 0.05) is 6.54 Å². The second kappa shape index (κ2) is 7.76. The number of benzene rings is 1. The maximum Gasteiger partial charge on any atom is 0.119 e. The molecule has 92 valence electrons. The van der Waals surface area contributed by atoms with Crippen molar-refractivity contribution >= 4 is 0 Å². The smallest absolute Gasteiger partial charge is 0.119 e. The van der Waals surface area contributed by atoms with Gasteiger partial charge in [0.1, 0.15) is 5.75 Å². The number of terminal acetylenes is 1. The van der Waals surface area contributed by atoms with Gasteiger partial charge in [-0.15, -0.1) is 6.42 Å². The summed E-state index contributed by atoms with van der Waals surface area (Å²) in [6, 6.07) is 8.14. The van der Waals surface area contributed by atoms with Crippen LogP contribution in [-0.2, 0) is 6.54 Å². The first kappa shape index (κ1) is 13.6. The SMILES string of the molecule is C#CCNCc1ccc(OCCC(C)C)cc1. The van der Waals surface area contributed by atoms with Crippen molar-refractivity contribution in [3.63, 3.8) is 0 Å². The molecule has 0 aliphatic heterocycles. The average Bonchev–Trinajstić information content (AvgIpc) is 2.31. The van der Waals surface area contributed by atoms with E-state index in [1.165, 1.54) is 5.56 Å². The van der Waals surface area contributed by atoms with Crippen molar-refractivity contribution in [3.8, 4) is 18.1 Å². The lowest BCUT2D eigenvalue weighted by atomic mass is 10.1. The topological polar surface area (TPSA) is 21.3 Å². The molecule has 0 fully saturated rings. The van der Waals surface area contributed by atoms with Crippen molar-refractivity contribution in [2.24, 2.45) is 5.92 Å². The molecule has 1 aromatic rings. The average molecular weight is 231 g/mol. The zero-order valence-corrected chi connectivity index (χ0v) is 10.7. The first-order valence-electron chi connectivity index (χ1n) is 6.08. The van der Waals surface area contributed by atoms with E-state index in [1.54, 1.807) is 0 Å². The van der Waals surface area contributed by atoms with Crippen LogP contribution >= 0.6 is 0 Å².